The third kappa shape index (κ3) is 5.35. The lowest BCUT2D eigenvalue weighted by Crippen LogP contribution is -2.29. The number of nitrogens with one attached hydrogen (secondary N) is 2. The number of benzene rings is 2. The third-order valence-electron chi connectivity index (χ3n) is 6.31. The number of aromatic nitrogens is 2. The number of rotatable bonds is 10. The van der Waals surface area contributed by atoms with Gasteiger partial charge < -0.3 is 31.7 Å². The Balaban J connectivity index is 1.43. The van der Waals surface area contributed by atoms with Crippen molar-refractivity contribution in [3.05, 3.63) is 69.8 Å². The number of para-hydroxylation sites is 1. The summed E-state index contributed by atoms with van der Waals surface area (Å²) < 4.78 is 7.41. The molecule has 6 N–H and O–H groups in total. The van der Waals surface area contributed by atoms with Crippen LogP contribution in [0.3, 0.4) is 0 Å². The summed E-state index contributed by atoms with van der Waals surface area (Å²) in [6, 6.07) is 17.3. The van der Waals surface area contributed by atoms with Crippen molar-refractivity contribution in [2.75, 3.05) is 50.0 Å². The van der Waals surface area contributed by atoms with Crippen molar-refractivity contribution in [3.63, 3.8) is 0 Å². The minimum absolute atomic E-state index is 0.122. The zero-order valence-corrected chi connectivity index (χ0v) is 21.8. The third-order valence-corrected chi connectivity index (χ3v) is 7.32. The molecule has 0 spiro atoms. The van der Waals surface area contributed by atoms with Crippen molar-refractivity contribution < 1.29 is 9.53 Å². The van der Waals surface area contributed by atoms with Crippen LogP contribution in [0, 0.1) is 0 Å². The molecule has 3 heterocycles. The number of fused-ring (bicyclic) bond motifs is 2. The fraction of sp³-hybridized carbons (Fsp3) is 0.296. The molecule has 0 radical (unpaired) electrons. The number of carbonyl (C=O) groups is 1. The first-order valence-corrected chi connectivity index (χ1v) is 13.5. The molecular formula is C27H31N7O3S. The van der Waals surface area contributed by atoms with E-state index in [9.17, 15) is 9.59 Å². The summed E-state index contributed by atoms with van der Waals surface area (Å²) in [5.41, 5.74) is 14.1. The van der Waals surface area contributed by atoms with E-state index in [2.05, 4.69) is 20.5 Å². The average molecular weight is 534 g/mol. The molecule has 1 aliphatic rings. The quantitative estimate of drug-likeness (QED) is 0.228. The Morgan fingerprint density at radius 1 is 1.05 bits per heavy atom. The standard InChI is InChI=1S/C27H31N7O3S/c28-10-4-11-30-12-5-13-31-25(35)23-17-21-26(38-23)32-24(29)27(36)34(21)19-8-9-22-20(16-19)33(14-15-37-22)18-6-2-1-3-7-18/h1-3,6-9,16-17,30H,4-5,10-15,28H2,(H2,29,32)(H,31,35). The Labute approximate surface area is 224 Å². The van der Waals surface area contributed by atoms with Gasteiger partial charge in [-0.25, -0.2) is 4.98 Å². The molecule has 198 valence electrons. The molecule has 0 unspecified atom stereocenters. The molecule has 4 aromatic rings. The van der Waals surface area contributed by atoms with Crippen molar-refractivity contribution >= 4 is 44.8 Å². The van der Waals surface area contributed by atoms with Gasteiger partial charge in [0.25, 0.3) is 11.5 Å². The van der Waals surface area contributed by atoms with Gasteiger partial charge >= 0.3 is 0 Å². The summed E-state index contributed by atoms with van der Waals surface area (Å²) in [7, 11) is 0. The summed E-state index contributed by atoms with van der Waals surface area (Å²) >= 11 is 1.21. The van der Waals surface area contributed by atoms with Gasteiger partial charge in [-0.3, -0.25) is 14.2 Å². The zero-order chi connectivity index (χ0) is 26.5. The number of nitrogen functional groups attached to an aromatic ring is 1. The number of ether oxygens (including phenoxy) is 1. The van der Waals surface area contributed by atoms with E-state index in [0.29, 0.717) is 47.2 Å². The molecule has 5 rings (SSSR count). The number of thiophene rings is 1. The van der Waals surface area contributed by atoms with E-state index in [1.807, 2.05) is 48.5 Å². The Bertz CT molecular complexity index is 1490. The largest absolute Gasteiger partial charge is 0.490 e. The van der Waals surface area contributed by atoms with E-state index < -0.39 is 5.56 Å². The van der Waals surface area contributed by atoms with Crippen LogP contribution in [-0.2, 0) is 0 Å². The highest BCUT2D eigenvalue weighted by Crippen LogP contribution is 2.38. The minimum atomic E-state index is -0.436. The number of amides is 1. The number of hydrogen-bond acceptors (Lipinski definition) is 9. The van der Waals surface area contributed by atoms with Crippen molar-refractivity contribution in [3.8, 4) is 11.4 Å². The number of hydrogen-bond donors (Lipinski definition) is 4. The Kier molecular flexibility index (Phi) is 7.87. The molecule has 0 atom stereocenters. The van der Waals surface area contributed by atoms with E-state index in [0.717, 1.165) is 43.1 Å². The highest BCUT2D eigenvalue weighted by Gasteiger charge is 2.22. The van der Waals surface area contributed by atoms with Crippen molar-refractivity contribution in [2.24, 2.45) is 5.73 Å². The second-order valence-corrected chi connectivity index (χ2v) is 9.96. The van der Waals surface area contributed by atoms with E-state index in [-0.39, 0.29) is 11.7 Å². The first-order chi connectivity index (χ1) is 18.6. The number of carbonyl (C=O) groups excluding carboxylic acids is 1. The molecule has 0 aliphatic carbocycles. The summed E-state index contributed by atoms with van der Waals surface area (Å²) in [5.74, 6) is 0.406. The van der Waals surface area contributed by atoms with Crippen LogP contribution >= 0.6 is 11.3 Å². The van der Waals surface area contributed by atoms with Crippen LogP contribution in [0.25, 0.3) is 16.0 Å². The van der Waals surface area contributed by atoms with Gasteiger partial charge in [0.1, 0.15) is 17.2 Å². The Morgan fingerprint density at radius 2 is 1.87 bits per heavy atom. The minimum Gasteiger partial charge on any atom is -0.490 e. The summed E-state index contributed by atoms with van der Waals surface area (Å²) in [6.07, 6.45) is 1.72. The maximum absolute atomic E-state index is 13.2. The highest BCUT2D eigenvalue weighted by molar-refractivity contribution is 7.20. The lowest BCUT2D eigenvalue weighted by atomic mass is 10.1. The molecule has 2 aromatic carbocycles. The van der Waals surface area contributed by atoms with Gasteiger partial charge in [0.05, 0.1) is 28.3 Å². The molecule has 11 heteroatoms. The normalized spacial score (nSPS) is 12.8. The molecule has 38 heavy (non-hydrogen) atoms. The predicted molar refractivity (Wildman–Crippen MR) is 152 cm³/mol. The summed E-state index contributed by atoms with van der Waals surface area (Å²) in [4.78, 5) is 33.5. The monoisotopic (exact) mass is 533 g/mol. The topological polar surface area (TPSA) is 141 Å². The van der Waals surface area contributed by atoms with Crippen molar-refractivity contribution in [1.29, 1.82) is 0 Å². The molecule has 0 saturated carbocycles. The fourth-order valence-electron chi connectivity index (χ4n) is 4.44. The molecule has 10 nitrogen and oxygen atoms in total. The van der Waals surface area contributed by atoms with E-state index >= 15 is 0 Å². The van der Waals surface area contributed by atoms with Crippen LogP contribution in [0.5, 0.6) is 5.75 Å². The van der Waals surface area contributed by atoms with Gasteiger partial charge in [0.2, 0.25) is 0 Å². The first-order valence-electron chi connectivity index (χ1n) is 12.7. The van der Waals surface area contributed by atoms with Gasteiger partial charge in [-0.15, -0.1) is 11.3 Å². The van der Waals surface area contributed by atoms with Crippen LogP contribution in [0.4, 0.5) is 17.2 Å². The second-order valence-electron chi connectivity index (χ2n) is 8.93. The van der Waals surface area contributed by atoms with Gasteiger partial charge in [-0.2, -0.15) is 0 Å². The van der Waals surface area contributed by atoms with Crippen molar-refractivity contribution in [2.45, 2.75) is 12.8 Å². The molecule has 0 fully saturated rings. The number of nitrogens with two attached hydrogens (primary N) is 2. The van der Waals surface area contributed by atoms with Gasteiger partial charge in [0, 0.05) is 12.2 Å². The predicted octanol–water partition coefficient (Wildman–Crippen LogP) is 2.62. The molecule has 1 amide bonds. The number of anilines is 3. The first kappa shape index (κ1) is 25.7. The van der Waals surface area contributed by atoms with Gasteiger partial charge in [-0.05, 0) is 68.9 Å². The maximum Gasteiger partial charge on any atom is 0.298 e. The van der Waals surface area contributed by atoms with Crippen molar-refractivity contribution in [1.82, 2.24) is 20.2 Å². The lowest BCUT2D eigenvalue weighted by molar-refractivity contribution is 0.0957. The summed E-state index contributed by atoms with van der Waals surface area (Å²) in [6.45, 7) is 4.08. The van der Waals surface area contributed by atoms with E-state index in [1.165, 1.54) is 15.9 Å². The summed E-state index contributed by atoms with van der Waals surface area (Å²) in [5, 5.41) is 6.23. The van der Waals surface area contributed by atoms with E-state index in [1.54, 1.807) is 6.07 Å². The Hall–Kier alpha value is -3.93. The van der Waals surface area contributed by atoms with Crippen LogP contribution < -0.4 is 37.3 Å². The lowest BCUT2D eigenvalue weighted by Gasteiger charge is -2.31. The fourth-order valence-corrected chi connectivity index (χ4v) is 5.38. The molecule has 2 aromatic heterocycles. The molecule has 1 aliphatic heterocycles. The number of nitrogens with zero attached hydrogens (tertiary/aromatic N) is 3. The zero-order valence-electron chi connectivity index (χ0n) is 21.0. The van der Waals surface area contributed by atoms with Gasteiger partial charge in [0.15, 0.2) is 5.82 Å². The maximum atomic E-state index is 13.2. The molecular weight excluding hydrogens is 502 g/mol. The molecule has 0 bridgehead atoms. The highest BCUT2D eigenvalue weighted by atomic mass is 32.1. The second kappa shape index (κ2) is 11.6. The SMILES string of the molecule is NCCCNCCCNC(=O)c1cc2c(nc(N)c(=O)n2-c2ccc3c(c2)N(c2ccccc2)CCO3)s1. The van der Waals surface area contributed by atoms with Gasteiger partial charge in [-0.1, -0.05) is 18.2 Å². The van der Waals surface area contributed by atoms with E-state index in [4.69, 9.17) is 16.2 Å². The molecule has 0 saturated heterocycles. The van der Waals surface area contributed by atoms with Crippen LogP contribution in [0.15, 0.2) is 59.4 Å². The van der Waals surface area contributed by atoms with Crippen LogP contribution in [0.2, 0.25) is 0 Å². The van der Waals surface area contributed by atoms with Crippen LogP contribution in [-0.4, -0.2) is 54.8 Å². The Morgan fingerprint density at radius 3 is 2.68 bits per heavy atom. The average Bonchev–Trinajstić information content (AvgIpc) is 3.36. The van der Waals surface area contributed by atoms with Crippen LogP contribution in [0.1, 0.15) is 22.5 Å². The smallest absolute Gasteiger partial charge is 0.298 e.